The number of hydrogen-bond acceptors (Lipinski definition) is 3. The molecule has 4 nitrogen and oxygen atoms in total. The first-order valence-electron chi connectivity index (χ1n) is 6.78. The van der Waals surface area contributed by atoms with Gasteiger partial charge in [0.2, 0.25) is 0 Å². The van der Waals surface area contributed by atoms with Crippen LogP contribution in [-0.4, -0.2) is 22.2 Å². The summed E-state index contributed by atoms with van der Waals surface area (Å²) in [5.41, 5.74) is 0.130. The van der Waals surface area contributed by atoms with Crippen LogP contribution in [0.5, 0.6) is 11.5 Å². The zero-order chi connectivity index (χ0) is 14.0. The molecule has 3 N–H and O–H groups in total. The Morgan fingerprint density at radius 1 is 1.16 bits per heavy atom. The molecule has 2 unspecified atom stereocenters. The van der Waals surface area contributed by atoms with Crippen molar-refractivity contribution in [1.29, 1.82) is 0 Å². The third-order valence-corrected chi connectivity index (χ3v) is 3.74. The van der Waals surface area contributed by atoms with E-state index in [4.69, 9.17) is 0 Å². The maximum atomic E-state index is 12.1. The lowest BCUT2D eigenvalue weighted by Gasteiger charge is -2.32. The smallest absolute Gasteiger partial charge is 0.255 e. The number of benzene rings is 1. The molecule has 1 aromatic rings. The van der Waals surface area contributed by atoms with Gasteiger partial charge in [0, 0.05) is 6.04 Å². The topological polar surface area (TPSA) is 69.6 Å². The number of nitrogens with one attached hydrogen (secondary N) is 1. The summed E-state index contributed by atoms with van der Waals surface area (Å²) in [6.07, 6.45) is 3.13. The monoisotopic (exact) mass is 263 g/mol. The SMILES string of the molecule is CC1CC(C)CC(NC(=O)c2cc(O)ccc2O)C1. The quantitative estimate of drug-likeness (QED) is 0.718. The highest BCUT2D eigenvalue weighted by Crippen LogP contribution is 2.29. The molecule has 0 radical (unpaired) electrons. The van der Waals surface area contributed by atoms with E-state index >= 15 is 0 Å². The van der Waals surface area contributed by atoms with Crippen molar-refractivity contribution in [3.05, 3.63) is 23.8 Å². The Balaban J connectivity index is 2.06. The van der Waals surface area contributed by atoms with Gasteiger partial charge < -0.3 is 15.5 Å². The Morgan fingerprint density at radius 3 is 2.42 bits per heavy atom. The number of aromatic hydroxyl groups is 2. The molecule has 2 rings (SSSR count). The fourth-order valence-electron chi connectivity index (χ4n) is 3.03. The van der Waals surface area contributed by atoms with Gasteiger partial charge in [0.25, 0.3) is 5.91 Å². The molecule has 19 heavy (non-hydrogen) atoms. The first kappa shape index (κ1) is 13.7. The highest BCUT2D eigenvalue weighted by Gasteiger charge is 2.26. The molecular formula is C15H21NO3. The van der Waals surface area contributed by atoms with Crippen molar-refractivity contribution in [2.75, 3.05) is 0 Å². The molecule has 1 saturated carbocycles. The third-order valence-electron chi connectivity index (χ3n) is 3.74. The van der Waals surface area contributed by atoms with Crippen LogP contribution in [0.3, 0.4) is 0 Å². The van der Waals surface area contributed by atoms with Gasteiger partial charge in [-0.15, -0.1) is 0 Å². The van der Waals surface area contributed by atoms with E-state index in [1.807, 2.05) is 0 Å². The molecule has 0 heterocycles. The molecule has 1 aliphatic carbocycles. The zero-order valence-electron chi connectivity index (χ0n) is 11.4. The molecule has 0 saturated heterocycles. The molecule has 104 valence electrons. The van der Waals surface area contributed by atoms with Crippen LogP contribution in [-0.2, 0) is 0 Å². The predicted molar refractivity (Wildman–Crippen MR) is 73.2 cm³/mol. The van der Waals surface area contributed by atoms with E-state index in [9.17, 15) is 15.0 Å². The van der Waals surface area contributed by atoms with Gasteiger partial charge in [-0.05, 0) is 49.3 Å². The van der Waals surface area contributed by atoms with Gasteiger partial charge in [-0.25, -0.2) is 0 Å². The van der Waals surface area contributed by atoms with E-state index in [1.165, 1.54) is 24.6 Å². The lowest BCUT2D eigenvalue weighted by atomic mass is 9.80. The van der Waals surface area contributed by atoms with Gasteiger partial charge in [0.1, 0.15) is 11.5 Å². The van der Waals surface area contributed by atoms with Crippen molar-refractivity contribution in [3.8, 4) is 11.5 Å². The highest BCUT2D eigenvalue weighted by molar-refractivity contribution is 5.97. The maximum absolute atomic E-state index is 12.1. The first-order valence-corrected chi connectivity index (χ1v) is 6.78. The molecule has 0 aliphatic heterocycles. The molecule has 1 fully saturated rings. The van der Waals surface area contributed by atoms with Crippen LogP contribution >= 0.6 is 0 Å². The number of carbonyl (C=O) groups excluding carboxylic acids is 1. The molecule has 4 heteroatoms. The highest BCUT2D eigenvalue weighted by atomic mass is 16.3. The van der Waals surface area contributed by atoms with Crippen LogP contribution in [0.1, 0.15) is 43.5 Å². The Hall–Kier alpha value is -1.71. The lowest BCUT2D eigenvalue weighted by molar-refractivity contribution is 0.0908. The number of phenolic OH excluding ortho intramolecular Hbond substituents is 2. The van der Waals surface area contributed by atoms with Crippen LogP contribution in [0, 0.1) is 11.8 Å². The van der Waals surface area contributed by atoms with E-state index in [2.05, 4.69) is 19.2 Å². The van der Waals surface area contributed by atoms with Gasteiger partial charge in [0.15, 0.2) is 0 Å². The molecule has 1 aliphatic rings. The second-order valence-corrected chi connectivity index (χ2v) is 5.79. The summed E-state index contributed by atoms with van der Waals surface area (Å²) in [5.74, 6) is 0.763. The number of phenols is 2. The van der Waals surface area contributed by atoms with Crippen LogP contribution in [0.15, 0.2) is 18.2 Å². The summed E-state index contributed by atoms with van der Waals surface area (Å²) in [5, 5.41) is 22.0. The number of carbonyl (C=O) groups is 1. The summed E-state index contributed by atoms with van der Waals surface area (Å²) >= 11 is 0. The Morgan fingerprint density at radius 2 is 1.79 bits per heavy atom. The molecule has 0 bridgehead atoms. The van der Waals surface area contributed by atoms with Crippen LogP contribution in [0.2, 0.25) is 0 Å². The largest absolute Gasteiger partial charge is 0.508 e. The molecule has 1 amide bonds. The van der Waals surface area contributed by atoms with Crippen molar-refractivity contribution in [3.63, 3.8) is 0 Å². The molecule has 0 spiro atoms. The van der Waals surface area contributed by atoms with E-state index in [0.717, 1.165) is 12.8 Å². The van der Waals surface area contributed by atoms with Crippen LogP contribution in [0.25, 0.3) is 0 Å². The zero-order valence-corrected chi connectivity index (χ0v) is 11.4. The van der Waals surface area contributed by atoms with Crippen molar-refractivity contribution >= 4 is 5.91 Å². The van der Waals surface area contributed by atoms with E-state index < -0.39 is 0 Å². The third kappa shape index (κ3) is 3.40. The van der Waals surface area contributed by atoms with Gasteiger partial charge >= 0.3 is 0 Å². The Kier molecular flexibility index (Phi) is 3.98. The fraction of sp³-hybridized carbons (Fsp3) is 0.533. The normalized spacial score (nSPS) is 26.9. The van der Waals surface area contributed by atoms with Crippen molar-refractivity contribution in [2.24, 2.45) is 11.8 Å². The standard InChI is InChI=1S/C15H21NO3/c1-9-5-10(2)7-11(6-9)16-15(19)13-8-12(17)3-4-14(13)18/h3-4,8-11,17-18H,5-7H2,1-2H3,(H,16,19). The summed E-state index contributed by atoms with van der Waals surface area (Å²) in [4.78, 5) is 12.1. The van der Waals surface area contributed by atoms with E-state index in [-0.39, 0.29) is 29.0 Å². The van der Waals surface area contributed by atoms with E-state index in [1.54, 1.807) is 0 Å². The minimum Gasteiger partial charge on any atom is -0.508 e. The minimum atomic E-state index is -0.320. The number of amides is 1. The average Bonchev–Trinajstić information content (AvgIpc) is 2.30. The summed E-state index contributed by atoms with van der Waals surface area (Å²) < 4.78 is 0. The maximum Gasteiger partial charge on any atom is 0.255 e. The van der Waals surface area contributed by atoms with Crippen molar-refractivity contribution in [2.45, 2.75) is 39.2 Å². The second-order valence-electron chi connectivity index (χ2n) is 5.79. The van der Waals surface area contributed by atoms with Crippen molar-refractivity contribution < 1.29 is 15.0 Å². The minimum absolute atomic E-state index is 0.0201. The Bertz CT molecular complexity index is 462. The van der Waals surface area contributed by atoms with Crippen LogP contribution < -0.4 is 5.32 Å². The summed E-state index contributed by atoms with van der Waals surface area (Å²) in [7, 11) is 0. The summed E-state index contributed by atoms with van der Waals surface area (Å²) in [6, 6.07) is 4.13. The molecular weight excluding hydrogens is 242 g/mol. The van der Waals surface area contributed by atoms with Crippen LogP contribution in [0.4, 0.5) is 0 Å². The molecule has 0 aromatic heterocycles. The van der Waals surface area contributed by atoms with Gasteiger partial charge in [-0.3, -0.25) is 4.79 Å². The fourth-order valence-corrected chi connectivity index (χ4v) is 3.03. The van der Waals surface area contributed by atoms with Gasteiger partial charge in [-0.1, -0.05) is 13.8 Å². The second kappa shape index (κ2) is 5.51. The van der Waals surface area contributed by atoms with E-state index in [0.29, 0.717) is 11.8 Å². The average molecular weight is 263 g/mol. The van der Waals surface area contributed by atoms with Gasteiger partial charge in [0.05, 0.1) is 5.56 Å². The predicted octanol–water partition coefficient (Wildman–Crippen LogP) is 2.65. The van der Waals surface area contributed by atoms with Crippen molar-refractivity contribution in [1.82, 2.24) is 5.32 Å². The van der Waals surface area contributed by atoms with Gasteiger partial charge in [-0.2, -0.15) is 0 Å². The summed E-state index contributed by atoms with van der Waals surface area (Å²) in [6.45, 7) is 4.39. The number of rotatable bonds is 2. The lowest BCUT2D eigenvalue weighted by Crippen LogP contribution is -2.40. The number of hydrogen-bond donors (Lipinski definition) is 3. The molecule has 1 aromatic carbocycles. The molecule has 2 atom stereocenters. The first-order chi connectivity index (χ1) is 8.95. The Labute approximate surface area is 113 Å².